The van der Waals surface area contributed by atoms with Crippen molar-refractivity contribution < 1.29 is 9.21 Å². The molecule has 2 unspecified atom stereocenters. The maximum absolute atomic E-state index is 12.6. The van der Waals surface area contributed by atoms with Crippen molar-refractivity contribution in [3.63, 3.8) is 0 Å². The third kappa shape index (κ3) is 4.28. The van der Waals surface area contributed by atoms with Crippen LogP contribution in [0.2, 0.25) is 5.02 Å². The van der Waals surface area contributed by atoms with Gasteiger partial charge in [0.15, 0.2) is 11.5 Å². The third-order valence-corrected chi connectivity index (χ3v) is 5.58. The minimum atomic E-state index is 0. The van der Waals surface area contributed by atoms with Gasteiger partial charge in [0.1, 0.15) is 5.52 Å². The van der Waals surface area contributed by atoms with Crippen molar-refractivity contribution in [3.8, 4) is 0 Å². The first-order chi connectivity index (χ1) is 11.6. The topological polar surface area (TPSA) is 72.4 Å². The number of piperidine rings is 1. The van der Waals surface area contributed by atoms with Crippen molar-refractivity contribution in [2.45, 2.75) is 44.1 Å². The second-order valence-corrected chi connectivity index (χ2v) is 7.47. The van der Waals surface area contributed by atoms with Gasteiger partial charge in [0.25, 0.3) is 0 Å². The third-order valence-electron chi connectivity index (χ3n) is 5.34. The summed E-state index contributed by atoms with van der Waals surface area (Å²) >= 11 is 6.01. The standard InChI is InChI=1S/C18H22ClN3O2.2ClH/c19-13-2-4-16-15(10-13)21-17(24-16)11-5-7-22(8-6-11)18(23)12-1-3-14(20)9-12;;/h2,4,10-12,14H,1,3,5-9,20H2;2*1H. The lowest BCUT2D eigenvalue weighted by Crippen LogP contribution is -2.41. The van der Waals surface area contributed by atoms with E-state index in [-0.39, 0.29) is 48.6 Å². The number of amides is 1. The molecule has 5 nitrogen and oxygen atoms in total. The number of aromatic nitrogens is 1. The molecule has 1 saturated heterocycles. The maximum atomic E-state index is 12.6. The molecule has 2 atom stereocenters. The van der Waals surface area contributed by atoms with Gasteiger partial charge in [0.05, 0.1) is 0 Å². The summed E-state index contributed by atoms with van der Waals surface area (Å²) in [7, 11) is 0. The van der Waals surface area contributed by atoms with Crippen LogP contribution in [0.4, 0.5) is 0 Å². The van der Waals surface area contributed by atoms with E-state index in [1.54, 1.807) is 0 Å². The first-order valence-corrected chi connectivity index (χ1v) is 9.08. The molecule has 1 amide bonds. The molecule has 1 aromatic heterocycles. The molecule has 0 bridgehead atoms. The Bertz CT molecular complexity index is 759. The molecule has 2 N–H and O–H groups in total. The lowest BCUT2D eigenvalue weighted by atomic mass is 9.95. The van der Waals surface area contributed by atoms with Gasteiger partial charge in [0.2, 0.25) is 5.91 Å². The summed E-state index contributed by atoms with van der Waals surface area (Å²) in [5.41, 5.74) is 7.51. The lowest BCUT2D eigenvalue weighted by Gasteiger charge is -2.32. The van der Waals surface area contributed by atoms with Crippen LogP contribution in [0.1, 0.15) is 43.9 Å². The van der Waals surface area contributed by atoms with Gasteiger partial charge in [-0.05, 0) is 50.3 Å². The summed E-state index contributed by atoms with van der Waals surface area (Å²) in [6.07, 6.45) is 4.53. The van der Waals surface area contributed by atoms with Crippen LogP contribution in [0.25, 0.3) is 11.1 Å². The Morgan fingerprint density at radius 3 is 2.58 bits per heavy atom. The van der Waals surface area contributed by atoms with E-state index in [4.69, 9.17) is 21.8 Å². The van der Waals surface area contributed by atoms with Crippen LogP contribution < -0.4 is 5.73 Å². The highest BCUT2D eigenvalue weighted by Gasteiger charge is 2.33. The number of benzene rings is 1. The van der Waals surface area contributed by atoms with E-state index in [1.165, 1.54) is 0 Å². The van der Waals surface area contributed by atoms with Crippen LogP contribution >= 0.6 is 36.4 Å². The van der Waals surface area contributed by atoms with E-state index >= 15 is 0 Å². The van der Waals surface area contributed by atoms with Crippen molar-refractivity contribution in [3.05, 3.63) is 29.1 Å². The Balaban J connectivity index is 0.00000121. The number of carbonyl (C=O) groups excluding carboxylic acids is 1. The molecule has 2 aromatic rings. The van der Waals surface area contributed by atoms with Crippen LogP contribution in [0.15, 0.2) is 22.6 Å². The zero-order valence-electron chi connectivity index (χ0n) is 14.4. The Kier molecular flexibility index (Phi) is 7.19. The van der Waals surface area contributed by atoms with Crippen LogP contribution in [-0.4, -0.2) is 34.9 Å². The van der Waals surface area contributed by atoms with Crippen LogP contribution in [0.3, 0.4) is 0 Å². The average Bonchev–Trinajstić information content (AvgIpc) is 3.20. The number of rotatable bonds is 2. The van der Waals surface area contributed by atoms with E-state index in [1.807, 2.05) is 23.1 Å². The summed E-state index contributed by atoms with van der Waals surface area (Å²) in [6, 6.07) is 5.69. The van der Waals surface area contributed by atoms with Crippen LogP contribution in [-0.2, 0) is 4.79 Å². The summed E-state index contributed by atoms with van der Waals surface area (Å²) in [6.45, 7) is 1.55. The first-order valence-electron chi connectivity index (χ1n) is 8.70. The number of fused-ring (bicyclic) bond motifs is 1. The van der Waals surface area contributed by atoms with Crippen molar-refractivity contribution in [1.82, 2.24) is 9.88 Å². The zero-order valence-corrected chi connectivity index (χ0v) is 16.8. The maximum Gasteiger partial charge on any atom is 0.225 e. The van der Waals surface area contributed by atoms with E-state index in [9.17, 15) is 4.79 Å². The molecule has 2 aliphatic rings. The number of hydrogen-bond donors (Lipinski definition) is 1. The smallest absolute Gasteiger partial charge is 0.225 e. The summed E-state index contributed by atoms with van der Waals surface area (Å²) < 4.78 is 5.88. The molecule has 8 heteroatoms. The molecular weight excluding hydrogens is 397 g/mol. The Morgan fingerprint density at radius 1 is 1.19 bits per heavy atom. The van der Waals surface area contributed by atoms with Gasteiger partial charge in [-0.15, -0.1) is 24.8 Å². The highest BCUT2D eigenvalue weighted by molar-refractivity contribution is 6.31. The number of halogens is 3. The molecule has 1 aliphatic carbocycles. The molecule has 2 heterocycles. The van der Waals surface area contributed by atoms with Gasteiger partial charge in [-0.3, -0.25) is 4.79 Å². The van der Waals surface area contributed by atoms with E-state index in [0.717, 1.165) is 62.2 Å². The molecule has 144 valence electrons. The van der Waals surface area contributed by atoms with Crippen LogP contribution in [0, 0.1) is 5.92 Å². The van der Waals surface area contributed by atoms with E-state index in [2.05, 4.69) is 4.98 Å². The molecule has 4 rings (SSSR count). The van der Waals surface area contributed by atoms with Crippen molar-refractivity contribution in [2.24, 2.45) is 11.7 Å². The Hall–Kier alpha value is -1.01. The SMILES string of the molecule is Cl.Cl.NC1CCC(C(=O)N2CCC(c3nc4cc(Cl)ccc4o3)CC2)C1. The monoisotopic (exact) mass is 419 g/mol. The quantitative estimate of drug-likeness (QED) is 0.792. The fourth-order valence-corrected chi connectivity index (χ4v) is 4.11. The molecular formula is C18H24Cl3N3O2. The Morgan fingerprint density at radius 2 is 1.92 bits per heavy atom. The van der Waals surface area contributed by atoms with Gasteiger partial charge in [0, 0.05) is 36.0 Å². The molecule has 0 radical (unpaired) electrons. The van der Waals surface area contributed by atoms with Gasteiger partial charge < -0.3 is 15.1 Å². The van der Waals surface area contributed by atoms with Crippen molar-refractivity contribution in [1.29, 1.82) is 0 Å². The predicted octanol–water partition coefficient (Wildman–Crippen LogP) is 4.16. The molecule has 0 spiro atoms. The lowest BCUT2D eigenvalue weighted by molar-refractivity contribution is -0.136. The van der Waals surface area contributed by atoms with Crippen molar-refractivity contribution in [2.75, 3.05) is 13.1 Å². The van der Waals surface area contributed by atoms with E-state index < -0.39 is 0 Å². The van der Waals surface area contributed by atoms with Crippen molar-refractivity contribution >= 4 is 53.4 Å². The van der Waals surface area contributed by atoms with Gasteiger partial charge in [-0.1, -0.05) is 11.6 Å². The average molecular weight is 421 g/mol. The fraction of sp³-hybridized carbons (Fsp3) is 0.556. The molecule has 1 aromatic carbocycles. The predicted molar refractivity (Wildman–Crippen MR) is 107 cm³/mol. The minimum absolute atomic E-state index is 0. The second-order valence-electron chi connectivity index (χ2n) is 7.03. The van der Waals surface area contributed by atoms with E-state index in [0.29, 0.717) is 5.02 Å². The number of oxazole rings is 1. The summed E-state index contributed by atoms with van der Waals surface area (Å²) in [5.74, 6) is 1.45. The summed E-state index contributed by atoms with van der Waals surface area (Å²) in [4.78, 5) is 19.2. The second kappa shape index (κ2) is 8.79. The number of nitrogens with zero attached hydrogens (tertiary/aromatic N) is 2. The first kappa shape index (κ1) is 21.3. The fourth-order valence-electron chi connectivity index (χ4n) is 3.94. The highest BCUT2D eigenvalue weighted by Crippen LogP contribution is 2.33. The highest BCUT2D eigenvalue weighted by atomic mass is 35.5. The van der Waals surface area contributed by atoms with Gasteiger partial charge in [-0.2, -0.15) is 0 Å². The molecule has 1 aliphatic heterocycles. The zero-order chi connectivity index (χ0) is 16.7. The largest absolute Gasteiger partial charge is 0.440 e. The molecule has 1 saturated carbocycles. The molecule has 2 fully saturated rings. The number of nitrogens with two attached hydrogens (primary N) is 1. The van der Waals surface area contributed by atoms with Gasteiger partial charge in [-0.25, -0.2) is 4.98 Å². The normalized spacial score (nSPS) is 23.5. The number of hydrogen-bond acceptors (Lipinski definition) is 4. The molecule has 26 heavy (non-hydrogen) atoms. The number of likely N-dealkylation sites (tertiary alicyclic amines) is 1. The van der Waals surface area contributed by atoms with Crippen LogP contribution in [0.5, 0.6) is 0 Å². The number of carbonyl (C=O) groups is 1. The minimum Gasteiger partial charge on any atom is -0.440 e. The summed E-state index contributed by atoms with van der Waals surface area (Å²) in [5, 5.41) is 0.664. The van der Waals surface area contributed by atoms with Gasteiger partial charge >= 0.3 is 0 Å². The Labute approximate surface area is 170 Å².